The molecule has 3 rings (SSSR count). The van der Waals surface area contributed by atoms with Gasteiger partial charge in [-0.2, -0.15) is 0 Å². The van der Waals surface area contributed by atoms with Crippen LogP contribution < -0.4 is 4.74 Å². The van der Waals surface area contributed by atoms with E-state index in [0.29, 0.717) is 31.1 Å². The Morgan fingerprint density at radius 1 is 1.07 bits per heavy atom. The molecule has 152 valence electrons. The van der Waals surface area contributed by atoms with Crippen LogP contribution in [-0.2, 0) is 13.1 Å². The Balaban J connectivity index is 1.81. The maximum atomic E-state index is 13.2. The van der Waals surface area contributed by atoms with E-state index in [9.17, 15) is 4.79 Å². The number of halogens is 1. The molecular weight excluding hydrogens is 384 g/mol. The Kier molecular flexibility index (Phi) is 6.99. The highest BCUT2D eigenvalue weighted by molar-refractivity contribution is 6.31. The first-order valence-corrected chi connectivity index (χ1v) is 10.2. The van der Waals surface area contributed by atoms with Gasteiger partial charge in [-0.05, 0) is 53.9 Å². The van der Waals surface area contributed by atoms with E-state index in [-0.39, 0.29) is 5.91 Å². The quantitative estimate of drug-likeness (QED) is 0.491. The Bertz CT molecular complexity index is 948. The van der Waals surface area contributed by atoms with Crippen molar-refractivity contribution in [2.45, 2.75) is 26.9 Å². The monoisotopic (exact) mass is 410 g/mol. The predicted octanol–water partition coefficient (Wildman–Crippen LogP) is 5.50. The van der Waals surface area contributed by atoms with Crippen molar-refractivity contribution in [2.75, 3.05) is 13.7 Å². The summed E-state index contributed by atoms with van der Waals surface area (Å²) in [5, 5.41) is 0.750. The van der Waals surface area contributed by atoms with Gasteiger partial charge in [-0.1, -0.05) is 43.6 Å². The van der Waals surface area contributed by atoms with Crippen LogP contribution in [-0.4, -0.2) is 29.0 Å². The van der Waals surface area contributed by atoms with Crippen molar-refractivity contribution in [1.82, 2.24) is 9.47 Å². The highest BCUT2D eigenvalue weighted by Crippen LogP contribution is 2.20. The van der Waals surface area contributed by atoms with Gasteiger partial charge in [0.2, 0.25) is 0 Å². The first-order valence-electron chi connectivity index (χ1n) is 9.78. The molecule has 0 saturated carbocycles. The summed E-state index contributed by atoms with van der Waals surface area (Å²) >= 11 is 6.34. The Morgan fingerprint density at radius 2 is 1.79 bits per heavy atom. The molecule has 0 spiro atoms. The van der Waals surface area contributed by atoms with Crippen LogP contribution in [0.5, 0.6) is 5.75 Å². The fourth-order valence-corrected chi connectivity index (χ4v) is 3.52. The lowest BCUT2D eigenvalue weighted by Gasteiger charge is -2.25. The van der Waals surface area contributed by atoms with Crippen molar-refractivity contribution < 1.29 is 9.53 Å². The molecule has 0 radical (unpaired) electrons. The van der Waals surface area contributed by atoms with Crippen LogP contribution in [0.25, 0.3) is 0 Å². The van der Waals surface area contributed by atoms with E-state index < -0.39 is 0 Å². The molecule has 0 aliphatic carbocycles. The second-order valence-corrected chi connectivity index (χ2v) is 7.93. The van der Waals surface area contributed by atoms with Gasteiger partial charge in [0.15, 0.2) is 0 Å². The topological polar surface area (TPSA) is 34.5 Å². The average molecular weight is 411 g/mol. The number of ether oxygens (including phenoxy) is 1. The van der Waals surface area contributed by atoms with Crippen LogP contribution in [0.1, 0.15) is 35.5 Å². The zero-order chi connectivity index (χ0) is 20.8. The van der Waals surface area contributed by atoms with E-state index in [2.05, 4.69) is 24.5 Å². The molecule has 0 aliphatic heterocycles. The van der Waals surface area contributed by atoms with E-state index in [1.807, 2.05) is 65.7 Å². The van der Waals surface area contributed by atoms with Gasteiger partial charge in [-0.15, -0.1) is 0 Å². The van der Waals surface area contributed by atoms with Crippen LogP contribution in [0.2, 0.25) is 5.02 Å². The molecular formula is C24H27ClN2O2. The average Bonchev–Trinajstić information content (AvgIpc) is 3.15. The maximum Gasteiger partial charge on any atom is 0.254 e. The summed E-state index contributed by atoms with van der Waals surface area (Å²) < 4.78 is 7.35. The number of aromatic nitrogens is 1. The minimum absolute atomic E-state index is 0.0202. The van der Waals surface area contributed by atoms with Crippen LogP contribution in [0, 0.1) is 5.92 Å². The fraction of sp³-hybridized carbons (Fsp3) is 0.292. The standard InChI is InChI=1S/C24H27ClN2O2/c1-18(2)15-27(24(28)19-10-12-22(29-3)13-11-19)17-21-8-6-14-26(21)16-20-7-4-5-9-23(20)25/h4-14,18H,15-17H2,1-3H3. The number of carbonyl (C=O) groups excluding carboxylic acids is 1. The van der Waals surface area contributed by atoms with Gasteiger partial charge in [-0.25, -0.2) is 0 Å². The number of methoxy groups -OCH3 is 1. The van der Waals surface area contributed by atoms with Gasteiger partial charge in [-0.3, -0.25) is 4.79 Å². The zero-order valence-corrected chi connectivity index (χ0v) is 17.9. The van der Waals surface area contributed by atoms with Crippen molar-refractivity contribution in [3.05, 3.63) is 88.7 Å². The smallest absolute Gasteiger partial charge is 0.254 e. The molecule has 1 amide bonds. The summed E-state index contributed by atoms with van der Waals surface area (Å²) in [6.07, 6.45) is 2.03. The fourth-order valence-electron chi connectivity index (χ4n) is 3.33. The van der Waals surface area contributed by atoms with Crippen LogP contribution >= 0.6 is 11.6 Å². The molecule has 0 saturated heterocycles. The summed E-state index contributed by atoms with van der Waals surface area (Å²) in [6.45, 7) is 6.14. The minimum atomic E-state index is 0.0202. The number of rotatable bonds is 8. The molecule has 0 atom stereocenters. The molecule has 29 heavy (non-hydrogen) atoms. The Labute approximate surface area is 177 Å². The van der Waals surface area contributed by atoms with Gasteiger partial charge < -0.3 is 14.2 Å². The molecule has 5 heteroatoms. The predicted molar refractivity (Wildman–Crippen MR) is 118 cm³/mol. The van der Waals surface area contributed by atoms with Crippen LogP contribution in [0.15, 0.2) is 66.9 Å². The van der Waals surface area contributed by atoms with Gasteiger partial charge in [0.25, 0.3) is 5.91 Å². The summed E-state index contributed by atoms with van der Waals surface area (Å²) in [4.78, 5) is 15.1. The molecule has 4 nitrogen and oxygen atoms in total. The first kappa shape index (κ1) is 21.0. The third-order valence-electron chi connectivity index (χ3n) is 4.78. The molecule has 3 aromatic rings. The summed E-state index contributed by atoms with van der Waals surface area (Å²) in [5.41, 5.74) is 2.80. The summed E-state index contributed by atoms with van der Waals surface area (Å²) in [5.74, 6) is 1.13. The molecule has 1 heterocycles. The highest BCUT2D eigenvalue weighted by Gasteiger charge is 2.19. The molecule has 0 aliphatic rings. The SMILES string of the molecule is COc1ccc(C(=O)N(Cc2cccn2Cc2ccccc2Cl)CC(C)C)cc1. The molecule has 0 bridgehead atoms. The molecule has 0 fully saturated rings. The van der Waals surface area contributed by atoms with Crippen molar-refractivity contribution in [2.24, 2.45) is 5.92 Å². The van der Waals surface area contributed by atoms with E-state index >= 15 is 0 Å². The summed E-state index contributed by atoms with van der Waals surface area (Å²) in [7, 11) is 1.62. The van der Waals surface area contributed by atoms with Gasteiger partial charge in [0.1, 0.15) is 5.75 Å². The third-order valence-corrected chi connectivity index (χ3v) is 5.15. The van der Waals surface area contributed by atoms with Gasteiger partial charge in [0.05, 0.1) is 13.7 Å². The molecule has 0 unspecified atom stereocenters. The highest BCUT2D eigenvalue weighted by atomic mass is 35.5. The zero-order valence-electron chi connectivity index (χ0n) is 17.1. The number of hydrogen-bond donors (Lipinski definition) is 0. The summed E-state index contributed by atoms with van der Waals surface area (Å²) in [6, 6.07) is 19.2. The maximum absolute atomic E-state index is 13.2. The number of amides is 1. The molecule has 2 aromatic carbocycles. The van der Waals surface area contributed by atoms with Gasteiger partial charge >= 0.3 is 0 Å². The van der Waals surface area contributed by atoms with Crippen molar-refractivity contribution >= 4 is 17.5 Å². The number of benzene rings is 2. The van der Waals surface area contributed by atoms with Gasteiger partial charge in [0, 0.05) is 35.6 Å². The second-order valence-electron chi connectivity index (χ2n) is 7.53. The lowest BCUT2D eigenvalue weighted by Crippen LogP contribution is -2.34. The minimum Gasteiger partial charge on any atom is -0.497 e. The Morgan fingerprint density at radius 3 is 2.45 bits per heavy atom. The second kappa shape index (κ2) is 9.66. The number of carbonyl (C=O) groups is 1. The van der Waals surface area contributed by atoms with E-state index in [1.54, 1.807) is 7.11 Å². The lowest BCUT2D eigenvalue weighted by molar-refractivity contribution is 0.0718. The lowest BCUT2D eigenvalue weighted by atomic mass is 10.1. The van der Waals surface area contributed by atoms with E-state index in [4.69, 9.17) is 16.3 Å². The molecule has 0 N–H and O–H groups in total. The number of nitrogens with zero attached hydrogens (tertiary/aromatic N) is 2. The van der Waals surface area contributed by atoms with Crippen LogP contribution in [0.3, 0.4) is 0 Å². The van der Waals surface area contributed by atoms with Crippen molar-refractivity contribution in [3.63, 3.8) is 0 Å². The first-order chi connectivity index (χ1) is 14.0. The third kappa shape index (κ3) is 5.42. The largest absolute Gasteiger partial charge is 0.497 e. The Hall–Kier alpha value is -2.72. The normalized spacial score (nSPS) is 10.9. The van der Waals surface area contributed by atoms with E-state index in [1.165, 1.54) is 0 Å². The number of hydrogen-bond acceptors (Lipinski definition) is 2. The van der Waals surface area contributed by atoms with Crippen LogP contribution in [0.4, 0.5) is 0 Å². The van der Waals surface area contributed by atoms with E-state index in [0.717, 1.165) is 22.0 Å². The molecule has 1 aromatic heterocycles. The van der Waals surface area contributed by atoms with Crippen molar-refractivity contribution in [3.8, 4) is 5.75 Å². The van der Waals surface area contributed by atoms with Crippen molar-refractivity contribution in [1.29, 1.82) is 0 Å².